The first-order valence-corrected chi connectivity index (χ1v) is 7.54. The van der Waals surface area contributed by atoms with E-state index < -0.39 is 54.6 Å². The number of rotatable bonds is 4. The van der Waals surface area contributed by atoms with Crippen molar-refractivity contribution < 1.29 is 36.6 Å². The van der Waals surface area contributed by atoms with E-state index in [0.29, 0.717) is 11.1 Å². The molecule has 1 aliphatic heterocycles. The lowest BCUT2D eigenvalue weighted by Gasteiger charge is -2.41. The van der Waals surface area contributed by atoms with Crippen molar-refractivity contribution in [2.75, 3.05) is 25.5 Å². The minimum atomic E-state index is -4.70. The van der Waals surface area contributed by atoms with Gasteiger partial charge >= 0.3 is 12.3 Å². The Morgan fingerprint density at radius 3 is 2.69 bits per heavy atom. The number of amides is 1. The second kappa shape index (κ2) is 7.08. The summed E-state index contributed by atoms with van der Waals surface area (Å²) in [5.41, 5.74) is -1.16. The van der Waals surface area contributed by atoms with Gasteiger partial charge in [0.15, 0.2) is 0 Å². The number of carbonyl (C=O) groups is 1. The minimum absolute atomic E-state index is 0.141. The molecule has 0 aromatic carbocycles. The largest absolute Gasteiger partial charge is 0.480 e. The van der Waals surface area contributed by atoms with Crippen LogP contribution in [0.5, 0.6) is 5.88 Å². The number of hydrogen-bond donors (Lipinski definition) is 2. The van der Waals surface area contributed by atoms with Crippen molar-refractivity contribution in [2.45, 2.75) is 31.5 Å². The van der Waals surface area contributed by atoms with Crippen molar-refractivity contribution in [3.63, 3.8) is 0 Å². The zero-order valence-corrected chi connectivity index (χ0v) is 13.8. The van der Waals surface area contributed by atoms with Crippen molar-refractivity contribution in [2.24, 2.45) is 5.92 Å². The molecule has 1 fully saturated rings. The number of anilines is 1. The second-order valence-corrected chi connectivity index (χ2v) is 6.01. The monoisotopic (exact) mass is 384 g/mol. The molecule has 0 unspecified atom stereocenters. The Labute approximate surface area is 145 Å². The molecule has 26 heavy (non-hydrogen) atoms. The molecule has 1 amide bonds. The predicted molar refractivity (Wildman–Crippen MR) is 79.3 cm³/mol. The fraction of sp³-hybridized carbons (Fsp3) is 0.643. The fourth-order valence-corrected chi connectivity index (χ4v) is 2.86. The van der Waals surface area contributed by atoms with Gasteiger partial charge in [-0.05, 0) is 5.92 Å². The molecular weight excluding hydrogens is 367 g/mol. The molecule has 12 heteroatoms. The van der Waals surface area contributed by atoms with Gasteiger partial charge in [-0.15, -0.1) is 0 Å². The number of halogens is 5. The maximum Gasteiger partial charge on any atom is 0.423 e. The molecule has 1 aliphatic rings. The van der Waals surface area contributed by atoms with Crippen molar-refractivity contribution in [3.8, 4) is 5.88 Å². The third kappa shape index (κ3) is 4.41. The number of likely N-dealkylation sites (tertiary alicyclic amines) is 1. The van der Waals surface area contributed by atoms with Crippen LogP contribution in [0.4, 0.5) is 32.7 Å². The zero-order valence-electron chi connectivity index (χ0n) is 13.8. The topological polar surface area (TPSA) is 87.6 Å². The maximum absolute atomic E-state index is 13.6. The number of alkyl halides is 5. The van der Waals surface area contributed by atoms with E-state index in [-0.39, 0.29) is 12.5 Å². The smallest absolute Gasteiger partial charge is 0.423 e. The van der Waals surface area contributed by atoms with E-state index in [1.54, 1.807) is 0 Å². The summed E-state index contributed by atoms with van der Waals surface area (Å²) >= 11 is 0. The molecule has 0 spiro atoms. The normalized spacial score (nSPS) is 22.8. The highest BCUT2D eigenvalue weighted by molar-refractivity contribution is 5.66. The van der Waals surface area contributed by atoms with Crippen molar-refractivity contribution in [3.05, 3.63) is 11.8 Å². The van der Waals surface area contributed by atoms with Gasteiger partial charge in [-0.3, -0.25) is 4.90 Å². The van der Waals surface area contributed by atoms with Crippen LogP contribution < -0.4 is 10.1 Å². The molecule has 2 N–H and O–H groups in total. The Balaban J connectivity index is 2.15. The van der Waals surface area contributed by atoms with Gasteiger partial charge in [0.05, 0.1) is 19.7 Å². The highest BCUT2D eigenvalue weighted by Crippen LogP contribution is 2.36. The van der Waals surface area contributed by atoms with Crippen LogP contribution in [0, 0.1) is 5.92 Å². The molecule has 0 saturated carbocycles. The van der Waals surface area contributed by atoms with Crippen LogP contribution in [-0.2, 0) is 6.18 Å². The molecule has 0 bridgehead atoms. The van der Waals surface area contributed by atoms with E-state index in [1.165, 1.54) is 6.92 Å². The number of nitrogens with zero attached hydrogens (tertiary/aromatic N) is 3. The summed E-state index contributed by atoms with van der Waals surface area (Å²) in [6.45, 7) is 0.387. The summed E-state index contributed by atoms with van der Waals surface area (Å²) in [5, 5.41) is 11.7. The van der Waals surface area contributed by atoms with Gasteiger partial charge in [0.1, 0.15) is 5.56 Å². The first-order chi connectivity index (χ1) is 11.9. The predicted octanol–water partition coefficient (Wildman–Crippen LogP) is 2.94. The Kier molecular flexibility index (Phi) is 5.42. The maximum atomic E-state index is 13.6. The number of hydrogen-bond acceptors (Lipinski definition) is 5. The summed E-state index contributed by atoms with van der Waals surface area (Å²) in [7, 11) is 1.01. The quantitative estimate of drug-likeness (QED) is 0.777. The molecule has 0 radical (unpaired) electrons. The molecular formula is C14H17F5N4O3. The number of aromatic nitrogens is 2. The van der Waals surface area contributed by atoms with Crippen LogP contribution in [-0.4, -0.2) is 58.2 Å². The van der Waals surface area contributed by atoms with E-state index in [1.807, 2.05) is 0 Å². The second-order valence-electron chi connectivity index (χ2n) is 6.01. The number of ether oxygens (including phenoxy) is 1. The van der Waals surface area contributed by atoms with E-state index in [2.05, 4.69) is 20.0 Å². The fourth-order valence-electron chi connectivity index (χ4n) is 2.86. The van der Waals surface area contributed by atoms with E-state index in [4.69, 9.17) is 5.11 Å². The number of carboxylic acid groups (broad SMARTS) is 1. The Morgan fingerprint density at radius 1 is 1.50 bits per heavy atom. The first kappa shape index (κ1) is 19.9. The number of methoxy groups -OCH3 is 1. The highest BCUT2D eigenvalue weighted by Gasteiger charge is 2.46. The molecule has 1 aromatic heterocycles. The SMILES string of the molecule is COc1nc(NC[C@@H]2[C@H](C)CC(F)(F)CN2C(=O)O)ncc1C(F)(F)F. The lowest BCUT2D eigenvalue weighted by Crippen LogP contribution is -2.57. The molecule has 2 atom stereocenters. The van der Waals surface area contributed by atoms with Gasteiger partial charge in [-0.2, -0.15) is 18.2 Å². The summed E-state index contributed by atoms with van der Waals surface area (Å²) in [5.74, 6) is -4.75. The van der Waals surface area contributed by atoms with Gasteiger partial charge in [0.25, 0.3) is 5.92 Å². The summed E-state index contributed by atoms with van der Waals surface area (Å²) in [6.07, 6.45) is -6.18. The third-order valence-corrected chi connectivity index (χ3v) is 4.05. The molecule has 2 heterocycles. The molecule has 0 aliphatic carbocycles. The van der Waals surface area contributed by atoms with Crippen molar-refractivity contribution in [1.29, 1.82) is 0 Å². The Bertz CT molecular complexity index is 670. The van der Waals surface area contributed by atoms with Crippen molar-refractivity contribution in [1.82, 2.24) is 14.9 Å². The lowest BCUT2D eigenvalue weighted by atomic mass is 9.89. The first-order valence-electron chi connectivity index (χ1n) is 7.54. The van der Waals surface area contributed by atoms with Crippen LogP contribution in [0.15, 0.2) is 6.20 Å². The molecule has 7 nitrogen and oxygen atoms in total. The van der Waals surface area contributed by atoms with E-state index >= 15 is 0 Å². The third-order valence-electron chi connectivity index (χ3n) is 4.05. The molecule has 2 rings (SSSR count). The average molecular weight is 384 g/mol. The summed E-state index contributed by atoms with van der Waals surface area (Å²) < 4.78 is 70.1. The highest BCUT2D eigenvalue weighted by atomic mass is 19.4. The number of nitrogens with one attached hydrogen (secondary N) is 1. The van der Waals surface area contributed by atoms with E-state index in [9.17, 15) is 26.7 Å². The van der Waals surface area contributed by atoms with Gasteiger partial charge in [-0.1, -0.05) is 6.92 Å². The average Bonchev–Trinajstić information content (AvgIpc) is 2.51. The van der Waals surface area contributed by atoms with Crippen LogP contribution in [0.25, 0.3) is 0 Å². The van der Waals surface area contributed by atoms with Crippen molar-refractivity contribution >= 4 is 12.0 Å². The Morgan fingerprint density at radius 2 is 2.15 bits per heavy atom. The lowest BCUT2D eigenvalue weighted by molar-refractivity contribution is -0.139. The standard InChI is InChI=1S/C14H17F5N4O3/c1-7-3-13(15,16)6-23(12(24)25)9(7)5-21-11-20-4-8(14(17,18)19)10(22-11)26-2/h4,7,9H,3,5-6H2,1-2H3,(H,24,25)(H,20,21,22)/t7-,9-/m1/s1. The van der Waals surface area contributed by atoms with Crippen LogP contribution in [0.1, 0.15) is 18.9 Å². The Hall–Kier alpha value is -2.40. The summed E-state index contributed by atoms with van der Waals surface area (Å²) in [4.78, 5) is 19.0. The van der Waals surface area contributed by atoms with Crippen LogP contribution in [0.3, 0.4) is 0 Å². The van der Waals surface area contributed by atoms with Crippen LogP contribution in [0.2, 0.25) is 0 Å². The zero-order chi connectivity index (χ0) is 19.7. The van der Waals surface area contributed by atoms with Crippen LogP contribution >= 0.6 is 0 Å². The van der Waals surface area contributed by atoms with Gasteiger partial charge < -0.3 is 15.2 Å². The summed E-state index contributed by atoms with van der Waals surface area (Å²) in [6, 6.07) is -0.816. The van der Waals surface area contributed by atoms with Gasteiger partial charge in [0.2, 0.25) is 11.8 Å². The van der Waals surface area contributed by atoms with Gasteiger partial charge in [0, 0.05) is 19.2 Å². The number of piperidine rings is 1. The minimum Gasteiger partial charge on any atom is -0.480 e. The van der Waals surface area contributed by atoms with Gasteiger partial charge in [-0.25, -0.2) is 18.6 Å². The van der Waals surface area contributed by atoms with E-state index in [0.717, 1.165) is 7.11 Å². The molecule has 1 saturated heterocycles. The molecule has 1 aromatic rings. The molecule has 146 valence electrons.